The maximum absolute atomic E-state index is 2.45. The number of nitrogens with zero attached hydrogens (tertiary/aromatic N) is 1. The molecule has 0 fully saturated rings. The second kappa shape index (κ2) is 6.99. The molecule has 0 N–H and O–H groups in total. The van der Waals surface area contributed by atoms with E-state index >= 15 is 0 Å². The van der Waals surface area contributed by atoms with Crippen molar-refractivity contribution in [1.82, 2.24) is 0 Å². The van der Waals surface area contributed by atoms with Crippen LogP contribution in [0.1, 0.15) is 66.5 Å². The molecule has 0 spiro atoms. The predicted octanol–water partition coefficient (Wildman–Crippen LogP) is 8.78. The molecule has 0 amide bonds. The Kier molecular flexibility index (Phi) is 4.89. The van der Waals surface area contributed by atoms with Gasteiger partial charge in [-0.15, -0.1) is 0 Å². The molecule has 4 rings (SSSR count). The fourth-order valence-corrected chi connectivity index (χ4v) is 5.57. The largest absolute Gasteiger partial charge is 0.310 e. The van der Waals surface area contributed by atoms with Gasteiger partial charge in [0.1, 0.15) is 0 Å². The molecule has 0 heterocycles. The second-order valence-corrected chi connectivity index (χ2v) is 11.2. The Balaban J connectivity index is 1.97. The quantitative estimate of drug-likeness (QED) is 0.416. The molecule has 1 heteroatoms. The van der Waals surface area contributed by atoms with Crippen LogP contribution in [0.2, 0.25) is 0 Å². The number of hydrogen-bond acceptors (Lipinski definition) is 1. The normalized spacial score (nSPS) is 20.0. The third-order valence-electron chi connectivity index (χ3n) is 9.32. The van der Waals surface area contributed by atoms with E-state index < -0.39 is 0 Å². The summed E-state index contributed by atoms with van der Waals surface area (Å²) in [4.78, 5) is 2.37. The Morgan fingerprint density at radius 1 is 0.452 bits per heavy atom. The van der Waals surface area contributed by atoms with Gasteiger partial charge in [-0.3, -0.25) is 0 Å². The molecule has 0 aliphatic heterocycles. The highest BCUT2D eigenvalue weighted by molar-refractivity contribution is 5.77. The zero-order chi connectivity index (χ0) is 22.7. The summed E-state index contributed by atoms with van der Waals surface area (Å²) < 4.78 is 0. The SMILES string of the molecule is CC1(C)c2ccc(N(c3ccccc3)c3ccccc3)cc2C(C)(C)C(C)(C)C1(C)C. The van der Waals surface area contributed by atoms with E-state index in [0.717, 1.165) is 0 Å². The van der Waals surface area contributed by atoms with Crippen molar-refractivity contribution in [3.05, 3.63) is 90.0 Å². The minimum Gasteiger partial charge on any atom is -0.310 e. The van der Waals surface area contributed by atoms with Crippen LogP contribution < -0.4 is 4.90 Å². The van der Waals surface area contributed by atoms with Crippen LogP contribution in [0.15, 0.2) is 78.9 Å². The maximum Gasteiger partial charge on any atom is 0.0464 e. The van der Waals surface area contributed by atoms with Gasteiger partial charge < -0.3 is 4.90 Å². The highest BCUT2D eigenvalue weighted by atomic mass is 15.1. The van der Waals surface area contributed by atoms with Gasteiger partial charge in [0.25, 0.3) is 0 Å². The van der Waals surface area contributed by atoms with Crippen LogP contribution in [-0.2, 0) is 10.8 Å². The van der Waals surface area contributed by atoms with Gasteiger partial charge in [-0.2, -0.15) is 0 Å². The summed E-state index contributed by atoms with van der Waals surface area (Å²) in [5, 5.41) is 0. The molecular formula is C30H37N. The summed E-state index contributed by atoms with van der Waals surface area (Å²) in [6, 6.07) is 28.5. The molecule has 0 unspecified atom stereocenters. The van der Waals surface area contributed by atoms with Crippen LogP contribution in [0.3, 0.4) is 0 Å². The third-order valence-corrected chi connectivity index (χ3v) is 9.32. The summed E-state index contributed by atoms with van der Waals surface area (Å²) in [5.74, 6) is 0. The molecule has 3 aromatic carbocycles. The van der Waals surface area contributed by atoms with Crippen LogP contribution >= 0.6 is 0 Å². The standard InChI is InChI=1S/C30H37N/c1-27(2)25-20-19-24(21-26(25)28(3,4)30(7,8)29(27,5)6)31(22-15-11-9-12-16-22)23-17-13-10-14-18-23/h9-21H,1-8H3. The second-order valence-electron chi connectivity index (χ2n) is 11.2. The number of para-hydroxylation sites is 2. The van der Waals surface area contributed by atoms with Crippen molar-refractivity contribution in [2.24, 2.45) is 10.8 Å². The first-order valence-electron chi connectivity index (χ1n) is 11.5. The molecule has 1 aliphatic rings. The lowest BCUT2D eigenvalue weighted by atomic mass is 9.40. The highest BCUT2D eigenvalue weighted by Crippen LogP contribution is 2.65. The lowest BCUT2D eigenvalue weighted by Crippen LogP contribution is -2.59. The predicted molar refractivity (Wildman–Crippen MR) is 135 cm³/mol. The molecule has 162 valence electrons. The Morgan fingerprint density at radius 2 is 0.871 bits per heavy atom. The molecule has 1 nitrogen and oxygen atoms in total. The average Bonchev–Trinajstić information content (AvgIpc) is 2.74. The van der Waals surface area contributed by atoms with Gasteiger partial charge in [-0.1, -0.05) is 97.9 Å². The Hall–Kier alpha value is -2.54. The van der Waals surface area contributed by atoms with Crippen LogP contribution in [0, 0.1) is 10.8 Å². The maximum atomic E-state index is 2.45. The van der Waals surface area contributed by atoms with E-state index in [2.05, 4.69) is 139 Å². The van der Waals surface area contributed by atoms with E-state index in [1.165, 1.54) is 28.2 Å². The summed E-state index contributed by atoms with van der Waals surface area (Å²) >= 11 is 0. The fourth-order valence-electron chi connectivity index (χ4n) is 5.57. The van der Waals surface area contributed by atoms with E-state index in [9.17, 15) is 0 Å². The molecule has 31 heavy (non-hydrogen) atoms. The van der Waals surface area contributed by atoms with Crippen LogP contribution in [0.5, 0.6) is 0 Å². The molecule has 0 saturated heterocycles. The van der Waals surface area contributed by atoms with Crippen molar-refractivity contribution in [2.45, 2.75) is 66.2 Å². The molecule has 3 aromatic rings. The van der Waals surface area contributed by atoms with E-state index in [1.807, 2.05) is 0 Å². The van der Waals surface area contributed by atoms with Gasteiger partial charge >= 0.3 is 0 Å². The van der Waals surface area contributed by atoms with Crippen LogP contribution in [0.4, 0.5) is 17.1 Å². The first-order chi connectivity index (χ1) is 14.4. The third kappa shape index (κ3) is 2.97. The van der Waals surface area contributed by atoms with E-state index in [1.54, 1.807) is 0 Å². The van der Waals surface area contributed by atoms with Crippen molar-refractivity contribution >= 4 is 17.1 Å². The van der Waals surface area contributed by atoms with Crippen molar-refractivity contribution in [3.8, 4) is 0 Å². The van der Waals surface area contributed by atoms with E-state index in [0.29, 0.717) is 0 Å². The Labute approximate surface area is 189 Å². The zero-order valence-corrected chi connectivity index (χ0v) is 20.5. The molecular weight excluding hydrogens is 374 g/mol. The molecule has 1 aliphatic carbocycles. The van der Waals surface area contributed by atoms with Crippen molar-refractivity contribution in [1.29, 1.82) is 0 Å². The van der Waals surface area contributed by atoms with E-state index in [-0.39, 0.29) is 21.7 Å². The van der Waals surface area contributed by atoms with Crippen molar-refractivity contribution in [3.63, 3.8) is 0 Å². The lowest BCUT2D eigenvalue weighted by molar-refractivity contribution is -0.0441. The smallest absolute Gasteiger partial charge is 0.0464 e. The lowest BCUT2D eigenvalue weighted by Gasteiger charge is -2.64. The Morgan fingerprint density at radius 3 is 1.32 bits per heavy atom. The van der Waals surface area contributed by atoms with Gasteiger partial charge in [-0.25, -0.2) is 0 Å². The Bertz CT molecular complexity index is 1030. The van der Waals surface area contributed by atoms with Gasteiger partial charge in [0.2, 0.25) is 0 Å². The number of anilines is 3. The minimum absolute atomic E-state index is 0.0381. The van der Waals surface area contributed by atoms with Gasteiger partial charge in [0.05, 0.1) is 0 Å². The first-order valence-corrected chi connectivity index (χ1v) is 11.5. The number of fused-ring (bicyclic) bond motifs is 1. The monoisotopic (exact) mass is 411 g/mol. The summed E-state index contributed by atoms with van der Waals surface area (Å²) in [7, 11) is 0. The van der Waals surface area contributed by atoms with Crippen molar-refractivity contribution in [2.75, 3.05) is 4.90 Å². The summed E-state index contributed by atoms with van der Waals surface area (Å²) in [6.07, 6.45) is 0. The molecule has 0 saturated carbocycles. The van der Waals surface area contributed by atoms with E-state index in [4.69, 9.17) is 0 Å². The molecule has 0 aromatic heterocycles. The average molecular weight is 412 g/mol. The van der Waals surface area contributed by atoms with Gasteiger partial charge in [0.15, 0.2) is 0 Å². The van der Waals surface area contributed by atoms with Crippen LogP contribution in [-0.4, -0.2) is 0 Å². The summed E-state index contributed by atoms with van der Waals surface area (Å²) in [6.45, 7) is 19.5. The zero-order valence-electron chi connectivity index (χ0n) is 20.5. The fraction of sp³-hybridized carbons (Fsp3) is 0.400. The topological polar surface area (TPSA) is 3.24 Å². The van der Waals surface area contributed by atoms with Crippen molar-refractivity contribution < 1.29 is 0 Å². The van der Waals surface area contributed by atoms with Gasteiger partial charge in [-0.05, 0) is 69.2 Å². The summed E-state index contributed by atoms with van der Waals surface area (Å²) in [5.41, 5.74) is 6.91. The minimum atomic E-state index is 0.0381. The van der Waals surface area contributed by atoms with Crippen LogP contribution in [0.25, 0.3) is 0 Å². The molecule has 0 radical (unpaired) electrons. The number of rotatable bonds is 3. The molecule has 0 atom stereocenters. The first kappa shape index (κ1) is 21.7. The number of benzene rings is 3. The number of hydrogen-bond donors (Lipinski definition) is 0. The van der Waals surface area contributed by atoms with Gasteiger partial charge in [0, 0.05) is 17.1 Å². The highest BCUT2D eigenvalue weighted by Gasteiger charge is 2.60. The molecule has 0 bridgehead atoms.